The lowest BCUT2D eigenvalue weighted by Gasteiger charge is -2.32. The first-order valence-corrected chi connectivity index (χ1v) is 5.71. The van der Waals surface area contributed by atoms with Crippen molar-refractivity contribution in [2.45, 2.75) is 38.3 Å². The van der Waals surface area contributed by atoms with Gasteiger partial charge in [-0.25, -0.2) is 4.98 Å². The van der Waals surface area contributed by atoms with Crippen molar-refractivity contribution in [2.24, 2.45) is 0 Å². The van der Waals surface area contributed by atoms with E-state index in [1.54, 1.807) is 6.20 Å². The van der Waals surface area contributed by atoms with Gasteiger partial charge < -0.3 is 15.0 Å². The summed E-state index contributed by atoms with van der Waals surface area (Å²) in [6.45, 7) is 4.81. The average molecular weight is 209 g/mol. The van der Waals surface area contributed by atoms with Crippen molar-refractivity contribution in [3.05, 3.63) is 18.2 Å². The van der Waals surface area contributed by atoms with Gasteiger partial charge in [0.2, 0.25) is 0 Å². The zero-order valence-electron chi connectivity index (χ0n) is 9.24. The van der Waals surface area contributed by atoms with Gasteiger partial charge in [-0.1, -0.05) is 6.92 Å². The summed E-state index contributed by atoms with van der Waals surface area (Å²) in [7, 11) is 0. The molecule has 1 aromatic rings. The molecule has 84 valence electrons. The highest BCUT2D eigenvalue weighted by atomic mass is 16.3. The van der Waals surface area contributed by atoms with Gasteiger partial charge in [-0.05, 0) is 32.4 Å². The molecule has 0 bridgehead atoms. The van der Waals surface area contributed by atoms with E-state index in [1.165, 1.54) is 0 Å². The Labute approximate surface area is 90.3 Å². The SMILES string of the molecule is CCCn1ccnc1C1(O)CCNCC1. The van der Waals surface area contributed by atoms with Crippen molar-refractivity contribution in [1.29, 1.82) is 0 Å². The highest BCUT2D eigenvalue weighted by Gasteiger charge is 2.34. The van der Waals surface area contributed by atoms with Crippen molar-refractivity contribution < 1.29 is 5.11 Å². The maximum Gasteiger partial charge on any atom is 0.140 e. The predicted octanol–water partition coefficient (Wildman–Crippen LogP) is 0.864. The summed E-state index contributed by atoms with van der Waals surface area (Å²) < 4.78 is 2.07. The van der Waals surface area contributed by atoms with E-state index in [-0.39, 0.29) is 0 Å². The van der Waals surface area contributed by atoms with Gasteiger partial charge in [0, 0.05) is 18.9 Å². The minimum atomic E-state index is -0.718. The number of nitrogens with one attached hydrogen (secondary N) is 1. The molecular formula is C11H19N3O. The molecule has 0 aliphatic carbocycles. The Morgan fingerprint density at radius 3 is 2.93 bits per heavy atom. The Morgan fingerprint density at radius 2 is 2.27 bits per heavy atom. The summed E-state index contributed by atoms with van der Waals surface area (Å²) in [6, 6.07) is 0. The fourth-order valence-electron chi connectivity index (χ4n) is 2.20. The number of rotatable bonds is 3. The summed E-state index contributed by atoms with van der Waals surface area (Å²) in [5, 5.41) is 13.8. The van der Waals surface area contributed by atoms with Crippen LogP contribution in [0.1, 0.15) is 32.0 Å². The van der Waals surface area contributed by atoms with E-state index in [1.807, 2.05) is 6.20 Å². The number of piperidine rings is 1. The zero-order chi connectivity index (χ0) is 10.7. The van der Waals surface area contributed by atoms with Crippen LogP contribution in [0.15, 0.2) is 12.4 Å². The Bertz CT molecular complexity index is 315. The van der Waals surface area contributed by atoms with Crippen LogP contribution in [0.25, 0.3) is 0 Å². The molecule has 0 saturated carbocycles. The van der Waals surface area contributed by atoms with Crippen LogP contribution < -0.4 is 5.32 Å². The van der Waals surface area contributed by atoms with Gasteiger partial charge in [0.05, 0.1) is 0 Å². The molecule has 0 spiro atoms. The quantitative estimate of drug-likeness (QED) is 0.776. The van der Waals surface area contributed by atoms with Crippen molar-refractivity contribution in [2.75, 3.05) is 13.1 Å². The standard InChI is InChI=1S/C11H19N3O/c1-2-8-14-9-7-13-10(14)11(15)3-5-12-6-4-11/h7,9,12,15H,2-6,8H2,1H3. The van der Waals surface area contributed by atoms with E-state index in [4.69, 9.17) is 0 Å². The summed E-state index contributed by atoms with van der Waals surface area (Å²) >= 11 is 0. The van der Waals surface area contributed by atoms with Gasteiger partial charge in [-0.2, -0.15) is 0 Å². The van der Waals surface area contributed by atoms with Gasteiger partial charge in [-0.3, -0.25) is 0 Å². The van der Waals surface area contributed by atoms with Crippen LogP contribution in [-0.2, 0) is 12.1 Å². The van der Waals surface area contributed by atoms with Crippen molar-refractivity contribution in [1.82, 2.24) is 14.9 Å². The lowest BCUT2D eigenvalue weighted by atomic mass is 9.91. The molecule has 0 atom stereocenters. The molecule has 2 rings (SSSR count). The normalized spacial score (nSPS) is 20.4. The summed E-state index contributed by atoms with van der Waals surface area (Å²) in [5.74, 6) is 0.839. The van der Waals surface area contributed by atoms with E-state index >= 15 is 0 Å². The summed E-state index contributed by atoms with van der Waals surface area (Å²) in [5.41, 5.74) is -0.718. The zero-order valence-corrected chi connectivity index (χ0v) is 9.24. The molecule has 2 heterocycles. The minimum absolute atomic E-state index is 0.718. The fraction of sp³-hybridized carbons (Fsp3) is 0.727. The number of hydrogen-bond donors (Lipinski definition) is 2. The van der Waals surface area contributed by atoms with Crippen LogP contribution in [-0.4, -0.2) is 27.7 Å². The van der Waals surface area contributed by atoms with Crippen molar-refractivity contribution in [3.63, 3.8) is 0 Å². The van der Waals surface area contributed by atoms with Crippen LogP contribution in [0.3, 0.4) is 0 Å². The Balaban J connectivity index is 2.22. The third kappa shape index (κ3) is 2.06. The lowest BCUT2D eigenvalue weighted by molar-refractivity contribution is -0.00564. The van der Waals surface area contributed by atoms with Crippen LogP contribution in [0.4, 0.5) is 0 Å². The molecular weight excluding hydrogens is 190 g/mol. The molecule has 0 unspecified atom stereocenters. The lowest BCUT2D eigenvalue weighted by Crippen LogP contribution is -2.41. The third-order valence-electron chi connectivity index (χ3n) is 3.03. The average Bonchev–Trinajstić information content (AvgIpc) is 2.68. The van der Waals surface area contributed by atoms with Gasteiger partial charge >= 0.3 is 0 Å². The number of imidazole rings is 1. The van der Waals surface area contributed by atoms with E-state index in [2.05, 4.69) is 21.8 Å². The molecule has 4 nitrogen and oxygen atoms in total. The molecule has 1 aliphatic rings. The monoisotopic (exact) mass is 209 g/mol. The van der Waals surface area contributed by atoms with E-state index in [0.717, 1.165) is 44.7 Å². The summed E-state index contributed by atoms with van der Waals surface area (Å²) in [6.07, 6.45) is 6.32. The maximum atomic E-state index is 10.5. The molecule has 1 aliphatic heterocycles. The van der Waals surface area contributed by atoms with E-state index in [9.17, 15) is 5.11 Å². The second kappa shape index (κ2) is 4.33. The Hall–Kier alpha value is -0.870. The molecule has 4 heteroatoms. The molecule has 0 amide bonds. The largest absolute Gasteiger partial charge is 0.382 e. The molecule has 0 aromatic carbocycles. The minimum Gasteiger partial charge on any atom is -0.382 e. The molecule has 1 fully saturated rings. The highest BCUT2D eigenvalue weighted by molar-refractivity contribution is 5.06. The number of aliphatic hydroxyl groups is 1. The molecule has 0 radical (unpaired) electrons. The first-order valence-electron chi connectivity index (χ1n) is 5.71. The van der Waals surface area contributed by atoms with Crippen molar-refractivity contribution in [3.8, 4) is 0 Å². The second-order valence-corrected chi connectivity index (χ2v) is 4.23. The van der Waals surface area contributed by atoms with Crippen LogP contribution in [0.2, 0.25) is 0 Å². The summed E-state index contributed by atoms with van der Waals surface area (Å²) in [4.78, 5) is 4.32. The number of aromatic nitrogens is 2. The maximum absolute atomic E-state index is 10.5. The first-order chi connectivity index (χ1) is 7.26. The second-order valence-electron chi connectivity index (χ2n) is 4.23. The Kier molecular flexibility index (Phi) is 3.07. The van der Waals surface area contributed by atoms with E-state index in [0.29, 0.717) is 0 Å². The van der Waals surface area contributed by atoms with Gasteiger partial charge in [0.15, 0.2) is 0 Å². The van der Waals surface area contributed by atoms with E-state index < -0.39 is 5.60 Å². The van der Waals surface area contributed by atoms with Crippen LogP contribution in [0.5, 0.6) is 0 Å². The third-order valence-corrected chi connectivity index (χ3v) is 3.03. The molecule has 1 aromatic heterocycles. The number of hydrogen-bond acceptors (Lipinski definition) is 3. The van der Waals surface area contributed by atoms with Gasteiger partial charge in [-0.15, -0.1) is 0 Å². The topological polar surface area (TPSA) is 50.1 Å². The van der Waals surface area contributed by atoms with Crippen molar-refractivity contribution >= 4 is 0 Å². The molecule has 1 saturated heterocycles. The first kappa shape index (κ1) is 10.6. The Morgan fingerprint density at radius 1 is 1.53 bits per heavy atom. The molecule has 2 N–H and O–H groups in total. The predicted molar refractivity (Wildman–Crippen MR) is 58.5 cm³/mol. The van der Waals surface area contributed by atoms with Crippen LogP contribution >= 0.6 is 0 Å². The number of nitrogens with zero attached hydrogens (tertiary/aromatic N) is 2. The van der Waals surface area contributed by atoms with Crippen LogP contribution in [0, 0.1) is 0 Å². The van der Waals surface area contributed by atoms with Gasteiger partial charge in [0.25, 0.3) is 0 Å². The smallest absolute Gasteiger partial charge is 0.140 e. The van der Waals surface area contributed by atoms with Gasteiger partial charge in [0.1, 0.15) is 11.4 Å². The number of aryl methyl sites for hydroxylation is 1. The fourth-order valence-corrected chi connectivity index (χ4v) is 2.20. The highest BCUT2D eigenvalue weighted by Crippen LogP contribution is 2.29. The molecule has 15 heavy (non-hydrogen) atoms.